The van der Waals surface area contributed by atoms with Gasteiger partial charge in [-0.25, -0.2) is 4.98 Å². The van der Waals surface area contributed by atoms with Crippen LogP contribution in [0.1, 0.15) is 24.2 Å². The minimum Gasteiger partial charge on any atom is -0.494 e. The second-order valence-corrected chi connectivity index (χ2v) is 10.1. The fraction of sp³-hybridized carbons (Fsp3) is 0.154. The molecular weight excluding hydrogens is 513 g/mol. The molecule has 0 saturated carbocycles. The van der Waals surface area contributed by atoms with E-state index in [-0.39, 0.29) is 17.4 Å². The van der Waals surface area contributed by atoms with Crippen molar-refractivity contribution in [2.75, 3.05) is 28.3 Å². The molecule has 1 heterocycles. The molecule has 0 bridgehead atoms. The molecule has 1 aromatic heterocycles. The molecule has 3 aromatic carbocycles. The molecule has 0 saturated heterocycles. The fourth-order valence-electron chi connectivity index (χ4n) is 3.26. The number of carbonyl (C=O) groups is 2. The quantitative estimate of drug-likeness (QED) is 0.128. The highest BCUT2D eigenvalue weighted by Crippen LogP contribution is 2.30. The van der Waals surface area contributed by atoms with Crippen LogP contribution in [0.3, 0.4) is 0 Å². The summed E-state index contributed by atoms with van der Waals surface area (Å²) in [7, 11) is 0. The van der Waals surface area contributed by atoms with Crippen LogP contribution >= 0.6 is 35.3 Å². The number of fused-ring (bicyclic) bond motifs is 1. The third kappa shape index (κ3) is 7.03. The number of thiazole rings is 1. The van der Waals surface area contributed by atoms with Gasteiger partial charge in [-0.05, 0) is 86.7 Å². The molecule has 0 aliphatic heterocycles. The number of ketones is 1. The number of hydrogen-bond donors (Lipinski definition) is 3. The number of anilines is 3. The number of Topliss-reactive ketones (excluding diaryl/α,β-unsaturated/α-hetero) is 1. The second-order valence-electron chi connectivity index (χ2n) is 7.66. The van der Waals surface area contributed by atoms with Gasteiger partial charge >= 0.3 is 0 Å². The van der Waals surface area contributed by atoms with Crippen molar-refractivity contribution in [1.82, 2.24) is 4.98 Å². The Labute approximate surface area is 222 Å². The number of carbonyl (C=O) groups excluding carboxylic acids is 2. The summed E-state index contributed by atoms with van der Waals surface area (Å²) in [5.41, 5.74) is 3.05. The molecule has 0 atom stereocenters. The van der Waals surface area contributed by atoms with Crippen LogP contribution in [-0.4, -0.2) is 34.1 Å². The number of amides is 1. The molecule has 0 radical (unpaired) electrons. The summed E-state index contributed by atoms with van der Waals surface area (Å²) in [6, 6.07) is 20.5. The number of benzene rings is 3. The van der Waals surface area contributed by atoms with Crippen molar-refractivity contribution < 1.29 is 14.3 Å². The van der Waals surface area contributed by atoms with Gasteiger partial charge in [-0.3, -0.25) is 9.59 Å². The number of rotatable bonds is 9. The van der Waals surface area contributed by atoms with E-state index in [0.29, 0.717) is 22.4 Å². The first-order valence-corrected chi connectivity index (χ1v) is 13.4. The van der Waals surface area contributed by atoms with Crippen LogP contribution in [0.25, 0.3) is 10.2 Å². The summed E-state index contributed by atoms with van der Waals surface area (Å²) in [6.07, 6.45) is 0. The molecular formula is C26H24N4O3S3. The van der Waals surface area contributed by atoms with Crippen molar-refractivity contribution in [3.63, 3.8) is 0 Å². The van der Waals surface area contributed by atoms with Crippen molar-refractivity contribution in [2.24, 2.45) is 0 Å². The predicted molar refractivity (Wildman–Crippen MR) is 153 cm³/mol. The van der Waals surface area contributed by atoms with E-state index in [1.54, 1.807) is 24.3 Å². The van der Waals surface area contributed by atoms with Gasteiger partial charge in [0.15, 0.2) is 16.0 Å². The van der Waals surface area contributed by atoms with Gasteiger partial charge in [-0.1, -0.05) is 17.4 Å². The molecule has 0 aliphatic carbocycles. The Balaban J connectivity index is 1.29. The maximum absolute atomic E-state index is 12.5. The lowest BCUT2D eigenvalue weighted by Gasteiger charge is -2.12. The van der Waals surface area contributed by atoms with Crippen molar-refractivity contribution in [3.05, 3.63) is 72.3 Å². The Morgan fingerprint density at radius 2 is 1.78 bits per heavy atom. The maximum atomic E-state index is 12.5. The molecule has 7 nitrogen and oxygen atoms in total. The zero-order valence-corrected chi connectivity index (χ0v) is 22.1. The summed E-state index contributed by atoms with van der Waals surface area (Å²) in [5, 5.41) is 10.1. The Hall–Kier alpha value is -3.47. The number of thioether (sulfide) groups is 1. The summed E-state index contributed by atoms with van der Waals surface area (Å²) in [5.74, 6) is 0.917. The van der Waals surface area contributed by atoms with Crippen LogP contribution in [-0.2, 0) is 4.79 Å². The van der Waals surface area contributed by atoms with E-state index in [1.165, 1.54) is 30.0 Å². The van der Waals surface area contributed by atoms with E-state index in [1.807, 2.05) is 49.4 Å². The first-order valence-electron chi connectivity index (χ1n) is 11.1. The SMILES string of the molecule is CCOc1ccc2nc(NC(=O)CSc3cccc(NC(=S)Nc4ccc(C(C)=O)cc4)c3)sc2c1. The van der Waals surface area contributed by atoms with E-state index in [4.69, 9.17) is 17.0 Å². The van der Waals surface area contributed by atoms with Crippen LogP contribution in [0.4, 0.5) is 16.5 Å². The smallest absolute Gasteiger partial charge is 0.236 e. The van der Waals surface area contributed by atoms with Gasteiger partial charge in [0.05, 0.1) is 22.6 Å². The minimum absolute atomic E-state index is 0.0152. The summed E-state index contributed by atoms with van der Waals surface area (Å²) in [6.45, 7) is 4.07. The van der Waals surface area contributed by atoms with Gasteiger partial charge in [0, 0.05) is 21.8 Å². The highest BCUT2D eigenvalue weighted by Gasteiger charge is 2.10. The van der Waals surface area contributed by atoms with Crippen LogP contribution in [0.5, 0.6) is 5.75 Å². The van der Waals surface area contributed by atoms with Gasteiger partial charge < -0.3 is 20.7 Å². The Morgan fingerprint density at radius 1 is 1.00 bits per heavy atom. The summed E-state index contributed by atoms with van der Waals surface area (Å²) in [4.78, 5) is 29.3. The number of ether oxygens (including phenoxy) is 1. The first-order chi connectivity index (χ1) is 17.4. The minimum atomic E-state index is -0.131. The summed E-state index contributed by atoms with van der Waals surface area (Å²) >= 11 is 8.24. The van der Waals surface area contributed by atoms with Crippen LogP contribution in [0.15, 0.2) is 71.6 Å². The summed E-state index contributed by atoms with van der Waals surface area (Å²) < 4.78 is 6.49. The molecule has 184 valence electrons. The molecule has 0 spiro atoms. The number of aromatic nitrogens is 1. The Morgan fingerprint density at radius 3 is 2.53 bits per heavy atom. The molecule has 0 unspecified atom stereocenters. The molecule has 0 fully saturated rings. The van der Waals surface area contributed by atoms with Crippen LogP contribution in [0.2, 0.25) is 0 Å². The van der Waals surface area contributed by atoms with Crippen molar-refractivity contribution in [1.29, 1.82) is 0 Å². The lowest BCUT2D eigenvalue weighted by atomic mass is 10.1. The molecule has 0 aliphatic rings. The normalized spacial score (nSPS) is 10.6. The first kappa shape index (κ1) is 25.6. The standard InChI is InChI=1S/C26H24N4O3S3/c1-3-33-20-11-12-22-23(14-20)36-26(29-22)30-24(32)15-35-21-6-4-5-19(13-21)28-25(34)27-18-9-7-17(8-10-18)16(2)31/h4-14H,3,15H2,1-2H3,(H2,27,28,34)(H,29,30,32). The number of hydrogen-bond acceptors (Lipinski definition) is 7. The van der Waals surface area contributed by atoms with E-state index in [9.17, 15) is 9.59 Å². The number of thiocarbonyl (C=S) groups is 1. The molecule has 4 aromatic rings. The predicted octanol–water partition coefficient (Wildman–Crippen LogP) is 6.44. The van der Waals surface area contributed by atoms with Crippen LogP contribution < -0.4 is 20.7 Å². The average Bonchev–Trinajstić information content (AvgIpc) is 3.25. The van der Waals surface area contributed by atoms with Crippen molar-refractivity contribution in [3.8, 4) is 5.75 Å². The Kier molecular flexibility index (Phi) is 8.52. The number of nitrogens with zero attached hydrogens (tertiary/aromatic N) is 1. The highest BCUT2D eigenvalue weighted by molar-refractivity contribution is 8.00. The highest BCUT2D eigenvalue weighted by atomic mass is 32.2. The van der Waals surface area contributed by atoms with Gasteiger partial charge in [0.2, 0.25) is 5.91 Å². The molecule has 1 amide bonds. The zero-order valence-electron chi connectivity index (χ0n) is 19.7. The van der Waals surface area contributed by atoms with Crippen molar-refractivity contribution >= 4 is 78.8 Å². The van der Waals surface area contributed by atoms with Crippen molar-refractivity contribution in [2.45, 2.75) is 18.7 Å². The van der Waals surface area contributed by atoms with Gasteiger partial charge in [-0.15, -0.1) is 11.8 Å². The second kappa shape index (κ2) is 12.0. The largest absolute Gasteiger partial charge is 0.494 e. The third-order valence-electron chi connectivity index (χ3n) is 4.93. The topological polar surface area (TPSA) is 92.3 Å². The Bertz CT molecular complexity index is 1400. The van der Waals surface area contributed by atoms with Crippen LogP contribution in [0, 0.1) is 0 Å². The van der Waals surface area contributed by atoms with Gasteiger partial charge in [0.25, 0.3) is 0 Å². The van der Waals surface area contributed by atoms with Gasteiger partial charge in [-0.2, -0.15) is 0 Å². The molecule has 36 heavy (non-hydrogen) atoms. The molecule has 10 heteroatoms. The average molecular weight is 537 g/mol. The monoisotopic (exact) mass is 536 g/mol. The van der Waals surface area contributed by atoms with E-state index in [0.717, 1.165) is 32.2 Å². The fourth-order valence-corrected chi connectivity index (χ4v) is 5.17. The van der Waals surface area contributed by atoms with E-state index in [2.05, 4.69) is 20.9 Å². The molecule has 3 N–H and O–H groups in total. The third-order valence-corrected chi connectivity index (χ3v) is 7.06. The van der Waals surface area contributed by atoms with E-state index >= 15 is 0 Å². The zero-order chi connectivity index (χ0) is 25.5. The van der Waals surface area contributed by atoms with E-state index < -0.39 is 0 Å². The molecule has 4 rings (SSSR count). The maximum Gasteiger partial charge on any atom is 0.236 e. The number of nitrogens with one attached hydrogen (secondary N) is 3. The van der Waals surface area contributed by atoms with Gasteiger partial charge in [0.1, 0.15) is 5.75 Å². The lowest BCUT2D eigenvalue weighted by molar-refractivity contribution is -0.113. The lowest BCUT2D eigenvalue weighted by Crippen LogP contribution is -2.19.